The topological polar surface area (TPSA) is 80.0 Å². The second kappa shape index (κ2) is 7.14. The maximum Gasteiger partial charge on any atom is 0.411 e. The predicted molar refractivity (Wildman–Crippen MR) is 73.4 cm³/mol. The van der Waals surface area contributed by atoms with Crippen LogP contribution in [0, 0.1) is 0 Å². The first-order valence-corrected chi connectivity index (χ1v) is 6.35. The summed E-state index contributed by atoms with van der Waals surface area (Å²) in [6, 6.07) is 12.5. The SMILES string of the molecule is O=C(O)CN(Cc1ccco1)C(=O)OCc1ccccc1. The average Bonchev–Trinajstić information content (AvgIpc) is 2.98. The van der Waals surface area contributed by atoms with Gasteiger partial charge in [-0.3, -0.25) is 9.69 Å². The number of rotatable bonds is 6. The van der Waals surface area contributed by atoms with Crippen molar-refractivity contribution in [2.75, 3.05) is 6.54 Å². The van der Waals surface area contributed by atoms with Crippen LogP contribution in [0.4, 0.5) is 4.79 Å². The number of hydrogen-bond donors (Lipinski definition) is 1. The highest BCUT2D eigenvalue weighted by atomic mass is 16.6. The van der Waals surface area contributed by atoms with Gasteiger partial charge in [0.05, 0.1) is 12.8 Å². The quantitative estimate of drug-likeness (QED) is 0.883. The lowest BCUT2D eigenvalue weighted by Crippen LogP contribution is -2.35. The number of carbonyl (C=O) groups excluding carboxylic acids is 1. The standard InChI is InChI=1S/C15H15NO5/c17-14(18)10-16(9-13-7-4-8-20-13)15(19)21-11-12-5-2-1-3-6-12/h1-8H,9-11H2,(H,17,18). The Morgan fingerprint density at radius 2 is 1.90 bits per heavy atom. The van der Waals surface area contributed by atoms with Crippen LogP contribution in [0.25, 0.3) is 0 Å². The van der Waals surface area contributed by atoms with E-state index in [2.05, 4.69) is 0 Å². The maximum atomic E-state index is 12.0. The molecule has 1 aromatic carbocycles. The van der Waals surface area contributed by atoms with Crippen LogP contribution < -0.4 is 0 Å². The Hall–Kier alpha value is -2.76. The van der Waals surface area contributed by atoms with Gasteiger partial charge in [0.2, 0.25) is 0 Å². The van der Waals surface area contributed by atoms with Crippen molar-refractivity contribution in [2.24, 2.45) is 0 Å². The molecular weight excluding hydrogens is 274 g/mol. The van der Waals surface area contributed by atoms with Crippen LogP contribution in [-0.2, 0) is 22.7 Å². The van der Waals surface area contributed by atoms with Gasteiger partial charge in [-0.05, 0) is 17.7 Å². The molecule has 0 saturated carbocycles. The van der Waals surface area contributed by atoms with Gasteiger partial charge in [-0.25, -0.2) is 4.79 Å². The molecule has 0 aliphatic heterocycles. The van der Waals surface area contributed by atoms with Crippen LogP contribution in [0.1, 0.15) is 11.3 Å². The first-order valence-electron chi connectivity index (χ1n) is 6.35. The fourth-order valence-corrected chi connectivity index (χ4v) is 1.75. The predicted octanol–water partition coefficient (Wildman–Crippen LogP) is 2.50. The van der Waals surface area contributed by atoms with Crippen LogP contribution in [-0.4, -0.2) is 28.6 Å². The van der Waals surface area contributed by atoms with Crippen molar-refractivity contribution in [3.63, 3.8) is 0 Å². The molecule has 0 unspecified atom stereocenters. The Labute approximate surface area is 121 Å². The third-order valence-corrected chi connectivity index (χ3v) is 2.72. The van der Waals surface area contributed by atoms with Crippen LogP contribution in [0.5, 0.6) is 0 Å². The van der Waals surface area contributed by atoms with E-state index < -0.39 is 18.6 Å². The molecule has 2 rings (SSSR count). The van der Waals surface area contributed by atoms with E-state index in [0.717, 1.165) is 10.5 Å². The lowest BCUT2D eigenvalue weighted by Gasteiger charge is -2.19. The van der Waals surface area contributed by atoms with Crippen LogP contribution in [0.3, 0.4) is 0 Å². The number of ether oxygens (including phenoxy) is 1. The normalized spacial score (nSPS) is 10.1. The van der Waals surface area contributed by atoms with Gasteiger partial charge in [-0.15, -0.1) is 0 Å². The van der Waals surface area contributed by atoms with Crippen molar-refractivity contribution in [3.05, 3.63) is 60.1 Å². The molecule has 0 spiro atoms. The Morgan fingerprint density at radius 1 is 1.14 bits per heavy atom. The molecule has 0 aliphatic carbocycles. The minimum absolute atomic E-state index is 0.0485. The third kappa shape index (κ3) is 4.68. The molecule has 2 aromatic rings. The Balaban J connectivity index is 1.95. The van der Waals surface area contributed by atoms with Crippen LogP contribution >= 0.6 is 0 Å². The summed E-state index contributed by atoms with van der Waals surface area (Å²) in [7, 11) is 0. The average molecular weight is 289 g/mol. The molecule has 0 atom stereocenters. The minimum atomic E-state index is -1.11. The summed E-state index contributed by atoms with van der Waals surface area (Å²) in [5.74, 6) is -0.619. The first-order chi connectivity index (χ1) is 10.1. The second-order valence-corrected chi connectivity index (χ2v) is 4.37. The van der Waals surface area contributed by atoms with Gasteiger partial charge >= 0.3 is 12.1 Å². The number of nitrogens with zero attached hydrogens (tertiary/aromatic N) is 1. The smallest absolute Gasteiger partial charge is 0.411 e. The number of benzene rings is 1. The zero-order chi connectivity index (χ0) is 15.1. The molecule has 0 fully saturated rings. The molecule has 0 radical (unpaired) electrons. The highest BCUT2D eigenvalue weighted by Gasteiger charge is 2.19. The molecule has 1 heterocycles. The molecular formula is C15H15NO5. The van der Waals surface area contributed by atoms with E-state index in [1.165, 1.54) is 6.26 Å². The Kier molecular flexibility index (Phi) is 4.98. The van der Waals surface area contributed by atoms with Crippen molar-refractivity contribution in [1.82, 2.24) is 4.90 Å². The largest absolute Gasteiger partial charge is 0.480 e. The van der Waals surface area contributed by atoms with E-state index in [-0.39, 0.29) is 13.2 Å². The van der Waals surface area contributed by atoms with Crippen LogP contribution in [0.2, 0.25) is 0 Å². The number of hydrogen-bond acceptors (Lipinski definition) is 4. The lowest BCUT2D eigenvalue weighted by atomic mass is 10.2. The summed E-state index contributed by atoms with van der Waals surface area (Å²) in [6.45, 7) is -0.310. The van der Waals surface area contributed by atoms with Gasteiger partial charge in [0.25, 0.3) is 0 Å². The molecule has 1 aromatic heterocycles. The highest BCUT2D eigenvalue weighted by molar-refractivity contribution is 5.76. The Morgan fingerprint density at radius 3 is 2.52 bits per heavy atom. The second-order valence-electron chi connectivity index (χ2n) is 4.37. The number of furan rings is 1. The van der Waals surface area contributed by atoms with E-state index in [1.54, 1.807) is 12.1 Å². The van der Waals surface area contributed by atoms with E-state index in [4.69, 9.17) is 14.3 Å². The molecule has 1 amide bonds. The summed E-state index contributed by atoms with van der Waals surface area (Å²) >= 11 is 0. The maximum absolute atomic E-state index is 12.0. The molecule has 1 N–H and O–H groups in total. The van der Waals surface area contributed by atoms with Gasteiger partial charge in [0, 0.05) is 0 Å². The van der Waals surface area contributed by atoms with Crippen LogP contribution in [0.15, 0.2) is 53.1 Å². The summed E-state index contributed by atoms with van der Waals surface area (Å²) in [6.07, 6.45) is 0.765. The fraction of sp³-hybridized carbons (Fsp3) is 0.200. The molecule has 110 valence electrons. The summed E-state index contributed by atoms with van der Waals surface area (Å²) in [5, 5.41) is 8.87. The highest BCUT2D eigenvalue weighted by Crippen LogP contribution is 2.08. The summed E-state index contributed by atoms with van der Waals surface area (Å²) < 4.78 is 10.2. The summed E-state index contributed by atoms with van der Waals surface area (Å²) in [4.78, 5) is 23.9. The summed E-state index contributed by atoms with van der Waals surface area (Å²) in [5.41, 5.74) is 0.833. The van der Waals surface area contributed by atoms with Gasteiger partial charge < -0.3 is 14.3 Å². The van der Waals surface area contributed by atoms with Crippen molar-refractivity contribution in [2.45, 2.75) is 13.2 Å². The van der Waals surface area contributed by atoms with Gasteiger partial charge in [0.15, 0.2) is 0 Å². The molecule has 21 heavy (non-hydrogen) atoms. The fourth-order valence-electron chi connectivity index (χ4n) is 1.75. The number of carboxylic acid groups (broad SMARTS) is 1. The number of aliphatic carboxylic acids is 1. The van der Waals surface area contributed by atoms with Crippen molar-refractivity contribution >= 4 is 12.1 Å². The monoisotopic (exact) mass is 289 g/mol. The van der Waals surface area contributed by atoms with Gasteiger partial charge in [0.1, 0.15) is 18.9 Å². The first kappa shape index (κ1) is 14.6. The molecule has 0 saturated heterocycles. The number of carboxylic acids is 1. The minimum Gasteiger partial charge on any atom is -0.480 e. The molecule has 6 heteroatoms. The van der Waals surface area contributed by atoms with E-state index in [9.17, 15) is 9.59 Å². The number of carbonyl (C=O) groups is 2. The molecule has 6 nitrogen and oxygen atoms in total. The van der Waals surface area contributed by atoms with E-state index in [0.29, 0.717) is 5.76 Å². The van der Waals surface area contributed by atoms with E-state index >= 15 is 0 Å². The number of amides is 1. The Bertz CT molecular complexity index is 579. The zero-order valence-electron chi connectivity index (χ0n) is 11.3. The molecule has 0 aliphatic rings. The lowest BCUT2D eigenvalue weighted by molar-refractivity contribution is -0.138. The van der Waals surface area contributed by atoms with E-state index in [1.807, 2.05) is 30.3 Å². The molecule has 0 bridgehead atoms. The zero-order valence-corrected chi connectivity index (χ0v) is 11.3. The third-order valence-electron chi connectivity index (χ3n) is 2.72. The van der Waals surface area contributed by atoms with Gasteiger partial charge in [-0.2, -0.15) is 0 Å². The van der Waals surface area contributed by atoms with Crippen molar-refractivity contribution in [3.8, 4) is 0 Å². The van der Waals surface area contributed by atoms with Crippen molar-refractivity contribution in [1.29, 1.82) is 0 Å². The van der Waals surface area contributed by atoms with Gasteiger partial charge in [-0.1, -0.05) is 30.3 Å². The van der Waals surface area contributed by atoms with Crippen molar-refractivity contribution < 1.29 is 23.8 Å².